The maximum atomic E-state index is 12.6. The molecule has 1 aliphatic carbocycles. The Balaban J connectivity index is 1.33. The van der Waals surface area contributed by atoms with Crippen LogP contribution < -0.4 is 0 Å². The van der Waals surface area contributed by atoms with Crippen molar-refractivity contribution in [1.82, 2.24) is 19.6 Å². The molecule has 2 saturated heterocycles. The summed E-state index contributed by atoms with van der Waals surface area (Å²) < 4.78 is 1.98. The Hall–Kier alpha value is -1.40. The Labute approximate surface area is 162 Å². The van der Waals surface area contributed by atoms with Gasteiger partial charge in [-0.15, -0.1) is 0 Å². The van der Waals surface area contributed by atoms with Crippen molar-refractivity contribution in [2.24, 2.45) is 17.3 Å². The summed E-state index contributed by atoms with van der Waals surface area (Å²) in [7, 11) is 0. The minimum atomic E-state index is 0.206. The fourth-order valence-corrected chi connectivity index (χ4v) is 5.21. The number of hydrogen-bond acceptors (Lipinski definition) is 4. The summed E-state index contributed by atoms with van der Waals surface area (Å²) in [5.74, 6) is 0.851. The fourth-order valence-electron chi connectivity index (χ4n) is 5.21. The third kappa shape index (κ3) is 3.79. The Morgan fingerprint density at radius 1 is 1.26 bits per heavy atom. The van der Waals surface area contributed by atoms with Gasteiger partial charge in [-0.1, -0.05) is 6.42 Å². The summed E-state index contributed by atoms with van der Waals surface area (Å²) in [5.41, 5.74) is 1.50. The third-order valence-electron chi connectivity index (χ3n) is 7.44. The molecule has 150 valence electrons. The van der Waals surface area contributed by atoms with E-state index in [4.69, 9.17) is 0 Å². The zero-order valence-corrected chi connectivity index (χ0v) is 16.6. The van der Waals surface area contributed by atoms with Gasteiger partial charge in [-0.2, -0.15) is 5.10 Å². The number of carbonyl (C=O) groups excluding carboxylic acids is 1. The number of aliphatic hydroxyl groups is 1. The molecule has 3 fully saturated rings. The lowest BCUT2D eigenvalue weighted by Crippen LogP contribution is -2.55. The molecule has 1 amide bonds. The van der Waals surface area contributed by atoms with E-state index < -0.39 is 0 Å². The summed E-state index contributed by atoms with van der Waals surface area (Å²) in [5, 5.41) is 14.5. The van der Waals surface area contributed by atoms with Crippen LogP contribution in [0.4, 0.5) is 0 Å². The summed E-state index contributed by atoms with van der Waals surface area (Å²) in [6, 6.07) is 0. The van der Waals surface area contributed by atoms with E-state index in [1.54, 1.807) is 0 Å². The third-order valence-corrected chi connectivity index (χ3v) is 7.44. The number of aliphatic hydroxyl groups excluding tert-OH is 1. The molecule has 6 nitrogen and oxygen atoms in total. The van der Waals surface area contributed by atoms with Crippen LogP contribution in [-0.2, 0) is 17.9 Å². The molecule has 3 aliphatic rings. The van der Waals surface area contributed by atoms with Gasteiger partial charge in [0.25, 0.3) is 0 Å². The van der Waals surface area contributed by atoms with E-state index in [1.165, 1.54) is 12.0 Å². The van der Waals surface area contributed by atoms with Gasteiger partial charge in [0.2, 0.25) is 5.91 Å². The molecular weight excluding hydrogens is 340 g/mol. The molecule has 2 aliphatic heterocycles. The van der Waals surface area contributed by atoms with Gasteiger partial charge in [-0.25, -0.2) is 0 Å². The predicted octanol–water partition coefficient (Wildman–Crippen LogP) is 2.13. The van der Waals surface area contributed by atoms with Crippen molar-refractivity contribution < 1.29 is 9.90 Å². The number of aryl methyl sites for hydroxylation is 1. The lowest BCUT2D eigenvalue weighted by atomic mass is 9.64. The fraction of sp³-hybridized carbons (Fsp3) is 0.810. The first kappa shape index (κ1) is 18.9. The number of hydrogen-bond donors (Lipinski definition) is 1. The molecule has 0 aromatic carbocycles. The first-order valence-electron chi connectivity index (χ1n) is 10.8. The van der Waals surface area contributed by atoms with Gasteiger partial charge in [-0.05, 0) is 57.5 Å². The molecular formula is C21H34N4O2. The Bertz CT molecular complexity index is 646. The van der Waals surface area contributed by atoms with Gasteiger partial charge in [0, 0.05) is 56.4 Å². The number of rotatable bonds is 5. The number of carbonyl (C=O) groups is 1. The predicted molar refractivity (Wildman–Crippen MR) is 104 cm³/mol. The van der Waals surface area contributed by atoms with Crippen LogP contribution in [0.1, 0.15) is 51.0 Å². The van der Waals surface area contributed by atoms with Gasteiger partial charge >= 0.3 is 0 Å². The van der Waals surface area contributed by atoms with Crippen molar-refractivity contribution in [3.05, 3.63) is 18.0 Å². The quantitative estimate of drug-likeness (QED) is 0.858. The zero-order valence-electron chi connectivity index (χ0n) is 16.6. The summed E-state index contributed by atoms with van der Waals surface area (Å²) >= 11 is 0. The van der Waals surface area contributed by atoms with Crippen molar-refractivity contribution in [2.75, 3.05) is 32.8 Å². The van der Waals surface area contributed by atoms with Gasteiger partial charge in [-0.3, -0.25) is 14.4 Å². The van der Waals surface area contributed by atoms with Crippen LogP contribution in [0, 0.1) is 17.3 Å². The van der Waals surface area contributed by atoms with E-state index in [1.807, 2.05) is 10.9 Å². The smallest absolute Gasteiger partial charge is 0.225 e. The van der Waals surface area contributed by atoms with Gasteiger partial charge < -0.3 is 10.0 Å². The molecule has 1 saturated carbocycles. The van der Waals surface area contributed by atoms with E-state index >= 15 is 0 Å². The normalized spacial score (nSPS) is 26.3. The number of nitrogens with zero attached hydrogens (tertiary/aromatic N) is 4. The lowest BCUT2D eigenvalue weighted by Gasteiger charge is -2.52. The van der Waals surface area contributed by atoms with Crippen LogP contribution in [0.5, 0.6) is 0 Å². The molecule has 0 bridgehead atoms. The van der Waals surface area contributed by atoms with Crippen LogP contribution in [-0.4, -0.2) is 63.4 Å². The number of likely N-dealkylation sites (tertiary alicyclic amines) is 2. The highest BCUT2D eigenvalue weighted by molar-refractivity contribution is 5.79. The molecule has 1 aromatic heterocycles. The molecule has 4 rings (SSSR count). The second-order valence-corrected chi connectivity index (χ2v) is 8.88. The van der Waals surface area contributed by atoms with Crippen LogP contribution in [0.3, 0.4) is 0 Å². The standard InChI is InChI=1S/C21H34N4O2/c1-2-25-14-17(12-22-25)13-23-9-6-21(7-10-23)8-11-24(15-19(21)16-26)20(27)18-4-3-5-18/h12,14,18-19,26H,2-11,13,15-16H2,1H3. The van der Waals surface area contributed by atoms with Crippen LogP contribution >= 0.6 is 0 Å². The maximum Gasteiger partial charge on any atom is 0.225 e. The second kappa shape index (κ2) is 7.92. The molecule has 27 heavy (non-hydrogen) atoms. The van der Waals surface area contributed by atoms with E-state index in [2.05, 4.69) is 28.0 Å². The zero-order chi connectivity index (χ0) is 18.9. The Morgan fingerprint density at radius 3 is 2.59 bits per heavy atom. The summed E-state index contributed by atoms with van der Waals surface area (Å²) in [4.78, 5) is 17.2. The summed E-state index contributed by atoms with van der Waals surface area (Å²) in [6.07, 6.45) is 10.8. The number of piperidine rings is 2. The minimum Gasteiger partial charge on any atom is -0.396 e. The van der Waals surface area contributed by atoms with Crippen molar-refractivity contribution >= 4 is 5.91 Å². The maximum absolute atomic E-state index is 12.6. The van der Waals surface area contributed by atoms with Gasteiger partial charge in [0.05, 0.1) is 6.20 Å². The van der Waals surface area contributed by atoms with Crippen molar-refractivity contribution in [3.8, 4) is 0 Å². The highest BCUT2D eigenvalue weighted by Gasteiger charge is 2.46. The van der Waals surface area contributed by atoms with E-state index in [0.29, 0.717) is 5.91 Å². The van der Waals surface area contributed by atoms with Crippen LogP contribution in [0.2, 0.25) is 0 Å². The molecule has 0 radical (unpaired) electrons. The molecule has 1 aromatic rings. The largest absolute Gasteiger partial charge is 0.396 e. The Kier molecular flexibility index (Phi) is 5.55. The van der Waals surface area contributed by atoms with E-state index in [0.717, 1.165) is 71.4 Å². The van der Waals surface area contributed by atoms with Crippen LogP contribution in [0.25, 0.3) is 0 Å². The number of amides is 1. The highest BCUT2D eigenvalue weighted by Crippen LogP contribution is 2.46. The number of aromatic nitrogens is 2. The van der Waals surface area contributed by atoms with E-state index in [-0.39, 0.29) is 23.9 Å². The van der Waals surface area contributed by atoms with Gasteiger partial charge in [0.15, 0.2) is 0 Å². The van der Waals surface area contributed by atoms with Gasteiger partial charge in [0.1, 0.15) is 0 Å². The lowest BCUT2D eigenvalue weighted by molar-refractivity contribution is -0.145. The Morgan fingerprint density at radius 2 is 2.00 bits per heavy atom. The topological polar surface area (TPSA) is 61.6 Å². The monoisotopic (exact) mass is 374 g/mol. The summed E-state index contributed by atoms with van der Waals surface area (Å²) in [6.45, 7) is 7.98. The first-order valence-corrected chi connectivity index (χ1v) is 10.8. The van der Waals surface area contributed by atoms with Crippen LogP contribution in [0.15, 0.2) is 12.4 Å². The van der Waals surface area contributed by atoms with Crippen molar-refractivity contribution in [3.63, 3.8) is 0 Å². The molecule has 1 N–H and O–H groups in total. The molecule has 1 spiro atoms. The van der Waals surface area contributed by atoms with E-state index in [9.17, 15) is 9.90 Å². The molecule has 1 atom stereocenters. The first-order chi connectivity index (χ1) is 13.1. The molecule has 3 heterocycles. The average molecular weight is 375 g/mol. The minimum absolute atomic E-state index is 0.206. The SMILES string of the molecule is CCn1cc(CN2CCC3(CC2)CCN(C(=O)C2CCC2)CC3CO)cn1. The second-order valence-electron chi connectivity index (χ2n) is 8.88. The average Bonchev–Trinajstić information content (AvgIpc) is 3.10. The highest BCUT2D eigenvalue weighted by atomic mass is 16.3. The van der Waals surface area contributed by atoms with Crippen molar-refractivity contribution in [1.29, 1.82) is 0 Å². The molecule has 6 heteroatoms. The molecule has 1 unspecified atom stereocenters. The van der Waals surface area contributed by atoms with Crippen molar-refractivity contribution in [2.45, 2.75) is 58.5 Å².